The van der Waals surface area contributed by atoms with Gasteiger partial charge >= 0.3 is 6.09 Å². The fraction of sp³-hybridized carbons (Fsp3) is 0.632. The van der Waals surface area contributed by atoms with E-state index in [2.05, 4.69) is 25.4 Å². The largest absolute Gasteiger partial charge is 0.444 e. The molecule has 10 nitrogen and oxygen atoms in total. The molecular formula is C19H31N7O3. The Labute approximate surface area is 171 Å². The van der Waals surface area contributed by atoms with E-state index < -0.39 is 17.7 Å². The van der Waals surface area contributed by atoms with Crippen LogP contribution < -0.4 is 10.2 Å². The van der Waals surface area contributed by atoms with Gasteiger partial charge in [0.05, 0.1) is 19.3 Å². The highest BCUT2D eigenvalue weighted by Crippen LogP contribution is 2.19. The first kappa shape index (κ1) is 22.5. The lowest BCUT2D eigenvalue weighted by Gasteiger charge is -2.25. The van der Waals surface area contributed by atoms with Gasteiger partial charge in [0, 0.05) is 25.5 Å². The van der Waals surface area contributed by atoms with Gasteiger partial charge in [-0.25, -0.2) is 14.8 Å². The summed E-state index contributed by atoms with van der Waals surface area (Å²) in [6.07, 6.45) is 2.74. The van der Waals surface area contributed by atoms with Crippen LogP contribution in [0.15, 0.2) is 18.5 Å². The number of ether oxygens (including phenoxy) is 2. The van der Waals surface area contributed by atoms with Crippen LogP contribution >= 0.6 is 0 Å². The SMILES string of the molecule is CC.C[C@H](NC(=O)OC(C)(C)C)c1nc(N2CCOCC2)nn1-c1ncccn1. The van der Waals surface area contributed by atoms with Crippen LogP contribution in [0.3, 0.4) is 0 Å². The highest BCUT2D eigenvalue weighted by Gasteiger charge is 2.25. The second-order valence-electron chi connectivity index (χ2n) is 7.20. The molecule has 1 atom stereocenters. The number of nitrogens with zero attached hydrogens (tertiary/aromatic N) is 6. The van der Waals surface area contributed by atoms with Gasteiger partial charge in [-0.3, -0.25) is 0 Å². The summed E-state index contributed by atoms with van der Waals surface area (Å²) < 4.78 is 12.3. The third-order valence-electron chi connectivity index (χ3n) is 3.78. The molecule has 3 rings (SSSR count). The topological polar surface area (TPSA) is 107 Å². The lowest BCUT2D eigenvalue weighted by atomic mass is 10.2. The molecule has 1 amide bonds. The first-order valence-corrected chi connectivity index (χ1v) is 9.90. The van der Waals surface area contributed by atoms with E-state index in [9.17, 15) is 4.79 Å². The monoisotopic (exact) mass is 405 g/mol. The molecule has 3 heterocycles. The zero-order valence-electron chi connectivity index (χ0n) is 18.0. The number of nitrogens with one attached hydrogen (secondary N) is 1. The van der Waals surface area contributed by atoms with Crippen molar-refractivity contribution in [1.29, 1.82) is 0 Å². The van der Waals surface area contributed by atoms with Gasteiger partial charge in [-0.05, 0) is 33.8 Å². The van der Waals surface area contributed by atoms with Crippen LogP contribution in [0.5, 0.6) is 0 Å². The molecule has 1 N–H and O–H groups in total. The number of alkyl carbamates (subject to hydrolysis) is 1. The molecule has 1 saturated heterocycles. The smallest absolute Gasteiger partial charge is 0.408 e. The summed E-state index contributed by atoms with van der Waals surface area (Å²) in [6, 6.07) is 1.27. The number of carbonyl (C=O) groups is 1. The Morgan fingerprint density at radius 3 is 2.38 bits per heavy atom. The van der Waals surface area contributed by atoms with Gasteiger partial charge in [0.2, 0.25) is 5.95 Å². The van der Waals surface area contributed by atoms with Crippen molar-refractivity contribution in [3.8, 4) is 5.95 Å². The van der Waals surface area contributed by atoms with Crippen LogP contribution in [-0.4, -0.2) is 62.7 Å². The van der Waals surface area contributed by atoms with Crippen molar-refractivity contribution in [3.05, 3.63) is 24.3 Å². The Kier molecular flexibility index (Phi) is 7.89. The molecule has 2 aromatic rings. The van der Waals surface area contributed by atoms with E-state index in [-0.39, 0.29) is 0 Å². The van der Waals surface area contributed by atoms with Crippen molar-refractivity contribution in [1.82, 2.24) is 30.0 Å². The number of carbonyl (C=O) groups excluding carboxylic acids is 1. The fourth-order valence-corrected chi connectivity index (χ4v) is 2.59. The average Bonchev–Trinajstić information content (AvgIpc) is 3.15. The van der Waals surface area contributed by atoms with Gasteiger partial charge in [-0.2, -0.15) is 9.67 Å². The molecule has 1 fully saturated rings. The molecule has 0 saturated carbocycles. The lowest BCUT2D eigenvalue weighted by Crippen LogP contribution is -2.37. The van der Waals surface area contributed by atoms with Gasteiger partial charge < -0.3 is 19.7 Å². The van der Waals surface area contributed by atoms with Gasteiger partial charge in [-0.15, -0.1) is 5.10 Å². The van der Waals surface area contributed by atoms with Crippen molar-refractivity contribution in [3.63, 3.8) is 0 Å². The summed E-state index contributed by atoms with van der Waals surface area (Å²) in [7, 11) is 0. The molecule has 0 bridgehead atoms. The first-order chi connectivity index (χ1) is 13.8. The predicted octanol–water partition coefficient (Wildman–Crippen LogP) is 2.51. The van der Waals surface area contributed by atoms with Crippen LogP contribution in [0.4, 0.5) is 10.7 Å². The molecule has 29 heavy (non-hydrogen) atoms. The number of hydrogen-bond donors (Lipinski definition) is 1. The van der Waals surface area contributed by atoms with E-state index in [1.54, 1.807) is 23.1 Å². The quantitative estimate of drug-likeness (QED) is 0.827. The summed E-state index contributed by atoms with van der Waals surface area (Å²) in [4.78, 5) is 27.3. The maximum atomic E-state index is 12.1. The number of rotatable bonds is 4. The minimum absolute atomic E-state index is 0.386. The zero-order valence-corrected chi connectivity index (χ0v) is 18.0. The molecule has 160 valence electrons. The minimum Gasteiger partial charge on any atom is -0.444 e. The first-order valence-electron chi connectivity index (χ1n) is 9.90. The van der Waals surface area contributed by atoms with Crippen molar-refractivity contribution in [2.24, 2.45) is 0 Å². The molecule has 1 aliphatic rings. The van der Waals surface area contributed by atoms with Crippen LogP contribution in [0, 0.1) is 0 Å². The number of anilines is 1. The lowest BCUT2D eigenvalue weighted by molar-refractivity contribution is 0.0505. The zero-order chi connectivity index (χ0) is 21.4. The van der Waals surface area contributed by atoms with Gasteiger partial charge in [-0.1, -0.05) is 13.8 Å². The number of amides is 1. The Hall–Kier alpha value is -2.75. The van der Waals surface area contributed by atoms with Crippen molar-refractivity contribution in [2.45, 2.75) is 53.2 Å². The maximum absolute atomic E-state index is 12.1. The number of hydrogen-bond acceptors (Lipinski definition) is 8. The van der Waals surface area contributed by atoms with Crippen molar-refractivity contribution in [2.75, 3.05) is 31.2 Å². The van der Waals surface area contributed by atoms with E-state index in [0.717, 1.165) is 0 Å². The van der Waals surface area contributed by atoms with Gasteiger partial charge in [0.25, 0.3) is 5.95 Å². The number of aromatic nitrogens is 5. The number of morpholine rings is 1. The predicted molar refractivity (Wildman–Crippen MR) is 109 cm³/mol. The van der Waals surface area contributed by atoms with Crippen molar-refractivity contribution >= 4 is 12.0 Å². The second-order valence-corrected chi connectivity index (χ2v) is 7.20. The normalized spacial score (nSPS) is 15.2. The third-order valence-corrected chi connectivity index (χ3v) is 3.78. The van der Waals surface area contributed by atoms with E-state index in [1.165, 1.54) is 0 Å². The highest BCUT2D eigenvalue weighted by molar-refractivity contribution is 5.68. The Bertz CT molecular complexity index is 768. The van der Waals surface area contributed by atoms with E-state index in [4.69, 9.17) is 9.47 Å². The molecule has 0 spiro atoms. The highest BCUT2D eigenvalue weighted by atomic mass is 16.6. The summed E-state index contributed by atoms with van der Waals surface area (Å²) >= 11 is 0. The minimum atomic E-state index is -0.584. The van der Waals surface area contributed by atoms with Crippen LogP contribution in [0.2, 0.25) is 0 Å². The van der Waals surface area contributed by atoms with Gasteiger partial charge in [0.15, 0.2) is 5.82 Å². The molecule has 2 aromatic heterocycles. The Balaban J connectivity index is 0.00000145. The Morgan fingerprint density at radius 2 is 1.79 bits per heavy atom. The standard InChI is InChI=1S/C17H25N7O3.C2H6/c1-12(20-16(25)27-17(2,3)4)13-21-15(23-8-10-26-11-9-23)22-24(13)14-18-6-5-7-19-14;1-2/h5-7,12H,8-11H2,1-4H3,(H,20,25);1-2H3/t12-;/m0./s1. The molecule has 0 unspecified atom stereocenters. The molecule has 0 aromatic carbocycles. The maximum Gasteiger partial charge on any atom is 0.408 e. The average molecular weight is 406 g/mol. The van der Waals surface area contributed by atoms with Crippen LogP contribution in [-0.2, 0) is 9.47 Å². The molecule has 0 aliphatic carbocycles. The third kappa shape index (κ3) is 6.38. The van der Waals surface area contributed by atoms with E-state index >= 15 is 0 Å². The molecule has 0 radical (unpaired) electrons. The van der Waals surface area contributed by atoms with Crippen molar-refractivity contribution < 1.29 is 14.3 Å². The van der Waals surface area contributed by atoms with Crippen LogP contribution in [0.1, 0.15) is 53.4 Å². The summed E-state index contributed by atoms with van der Waals surface area (Å²) in [6.45, 7) is 13.9. The molecule has 1 aliphatic heterocycles. The summed E-state index contributed by atoms with van der Waals surface area (Å²) in [5.74, 6) is 1.46. The van der Waals surface area contributed by atoms with Crippen LogP contribution in [0.25, 0.3) is 5.95 Å². The van der Waals surface area contributed by atoms with Gasteiger partial charge in [0.1, 0.15) is 5.60 Å². The summed E-state index contributed by atoms with van der Waals surface area (Å²) in [5.41, 5.74) is -0.584. The van der Waals surface area contributed by atoms with E-state index in [0.29, 0.717) is 44.0 Å². The molecule has 10 heteroatoms. The second kappa shape index (κ2) is 10.1. The summed E-state index contributed by atoms with van der Waals surface area (Å²) in [5, 5.41) is 7.36. The Morgan fingerprint density at radius 1 is 1.17 bits per heavy atom. The fourth-order valence-electron chi connectivity index (χ4n) is 2.59. The molecular weight excluding hydrogens is 374 g/mol. The van der Waals surface area contributed by atoms with E-state index in [1.807, 2.05) is 46.4 Å².